The van der Waals surface area contributed by atoms with Crippen LogP contribution in [0.1, 0.15) is 5.56 Å². The second kappa shape index (κ2) is 4.96. The molecule has 0 unspecified atom stereocenters. The molecule has 2 rings (SSSR count). The van der Waals surface area contributed by atoms with Crippen LogP contribution < -0.4 is 9.47 Å². The van der Waals surface area contributed by atoms with Gasteiger partial charge in [-0.2, -0.15) is 0 Å². The van der Waals surface area contributed by atoms with Crippen molar-refractivity contribution < 1.29 is 19.4 Å². The highest BCUT2D eigenvalue weighted by Crippen LogP contribution is 2.34. The first kappa shape index (κ1) is 12.2. The van der Waals surface area contributed by atoms with E-state index in [-0.39, 0.29) is 6.42 Å². The van der Waals surface area contributed by atoms with Gasteiger partial charge in [0, 0.05) is 16.3 Å². The van der Waals surface area contributed by atoms with Gasteiger partial charge in [0.2, 0.25) is 0 Å². The standard InChI is InChI=1S/C14H14O4/c1-17-12-5-3-4-11-10(12)7-6-9(8-13(15)16)14(11)18-2/h3-7H,8H2,1-2H3,(H,15,16). The molecule has 94 valence electrons. The summed E-state index contributed by atoms with van der Waals surface area (Å²) in [6, 6.07) is 9.22. The number of ether oxygens (including phenoxy) is 2. The molecule has 2 aromatic rings. The lowest BCUT2D eigenvalue weighted by Crippen LogP contribution is -2.02. The third kappa shape index (κ3) is 2.09. The van der Waals surface area contributed by atoms with E-state index in [0.29, 0.717) is 11.3 Å². The molecule has 18 heavy (non-hydrogen) atoms. The lowest BCUT2D eigenvalue weighted by molar-refractivity contribution is -0.136. The summed E-state index contributed by atoms with van der Waals surface area (Å²) in [5, 5.41) is 10.6. The van der Waals surface area contributed by atoms with Gasteiger partial charge in [-0.15, -0.1) is 0 Å². The number of methoxy groups -OCH3 is 2. The molecular formula is C14H14O4. The van der Waals surface area contributed by atoms with E-state index in [1.807, 2.05) is 24.3 Å². The maximum absolute atomic E-state index is 10.8. The molecule has 0 aliphatic heterocycles. The van der Waals surface area contributed by atoms with Gasteiger partial charge in [0.05, 0.1) is 20.6 Å². The predicted molar refractivity (Wildman–Crippen MR) is 68.4 cm³/mol. The van der Waals surface area contributed by atoms with E-state index in [1.165, 1.54) is 0 Å². The number of fused-ring (bicyclic) bond motifs is 1. The number of hydrogen-bond acceptors (Lipinski definition) is 3. The number of hydrogen-bond donors (Lipinski definition) is 1. The van der Waals surface area contributed by atoms with Crippen LogP contribution in [-0.2, 0) is 11.2 Å². The molecule has 0 aromatic heterocycles. The average Bonchev–Trinajstić information content (AvgIpc) is 2.37. The fraction of sp³-hybridized carbons (Fsp3) is 0.214. The average molecular weight is 246 g/mol. The second-order valence-corrected chi connectivity index (χ2v) is 3.88. The van der Waals surface area contributed by atoms with Gasteiger partial charge in [-0.1, -0.05) is 24.3 Å². The molecular weight excluding hydrogens is 232 g/mol. The lowest BCUT2D eigenvalue weighted by atomic mass is 10.0. The lowest BCUT2D eigenvalue weighted by Gasteiger charge is -2.12. The van der Waals surface area contributed by atoms with Crippen molar-refractivity contribution in [2.24, 2.45) is 0 Å². The van der Waals surface area contributed by atoms with Gasteiger partial charge in [-0.05, 0) is 6.07 Å². The second-order valence-electron chi connectivity index (χ2n) is 3.88. The summed E-state index contributed by atoms with van der Waals surface area (Å²) >= 11 is 0. The molecule has 0 heterocycles. The zero-order valence-corrected chi connectivity index (χ0v) is 10.3. The van der Waals surface area contributed by atoms with Crippen molar-refractivity contribution in [2.75, 3.05) is 14.2 Å². The normalized spacial score (nSPS) is 10.3. The Morgan fingerprint density at radius 2 is 1.89 bits per heavy atom. The van der Waals surface area contributed by atoms with Crippen molar-refractivity contribution in [3.63, 3.8) is 0 Å². The number of aliphatic carboxylic acids is 1. The molecule has 0 fully saturated rings. The Kier molecular flexibility index (Phi) is 3.37. The minimum Gasteiger partial charge on any atom is -0.496 e. The fourth-order valence-corrected chi connectivity index (χ4v) is 2.07. The molecule has 0 radical (unpaired) electrons. The highest BCUT2D eigenvalue weighted by atomic mass is 16.5. The van der Waals surface area contributed by atoms with E-state index in [2.05, 4.69) is 0 Å². The number of rotatable bonds is 4. The Labute approximate surface area is 105 Å². The van der Waals surface area contributed by atoms with Crippen molar-refractivity contribution in [2.45, 2.75) is 6.42 Å². The zero-order chi connectivity index (χ0) is 13.1. The fourth-order valence-electron chi connectivity index (χ4n) is 2.07. The number of carboxylic acids is 1. The van der Waals surface area contributed by atoms with Crippen LogP contribution >= 0.6 is 0 Å². The van der Waals surface area contributed by atoms with Gasteiger partial charge in [-0.3, -0.25) is 4.79 Å². The Bertz CT molecular complexity index is 590. The van der Waals surface area contributed by atoms with E-state index in [0.717, 1.165) is 16.5 Å². The summed E-state index contributed by atoms with van der Waals surface area (Å²) in [5.41, 5.74) is 0.658. The quantitative estimate of drug-likeness (QED) is 0.900. The van der Waals surface area contributed by atoms with E-state index in [1.54, 1.807) is 20.3 Å². The van der Waals surface area contributed by atoms with Crippen molar-refractivity contribution in [1.82, 2.24) is 0 Å². The minimum atomic E-state index is -0.879. The third-order valence-electron chi connectivity index (χ3n) is 2.82. The van der Waals surface area contributed by atoms with Gasteiger partial charge < -0.3 is 14.6 Å². The molecule has 0 atom stereocenters. The molecule has 2 aromatic carbocycles. The number of benzene rings is 2. The van der Waals surface area contributed by atoms with Crippen LogP contribution in [0.4, 0.5) is 0 Å². The van der Waals surface area contributed by atoms with Crippen LogP contribution in [0, 0.1) is 0 Å². The van der Waals surface area contributed by atoms with Gasteiger partial charge in [0.25, 0.3) is 0 Å². The summed E-state index contributed by atoms with van der Waals surface area (Å²) in [6.07, 6.45) is -0.0592. The van der Waals surface area contributed by atoms with E-state index >= 15 is 0 Å². The van der Waals surface area contributed by atoms with Crippen LogP contribution in [0.5, 0.6) is 11.5 Å². The molecule has 0 saturated carbocycles. The molecule has 0 spiro atoms. The SMILES string of the molecule is COc1cccc2c(OC)c(CC(=O)O)ccc12. The maximum Gasteiger partial charge on any atom is 0.307 e. The monoisotopic (exact) mass is 246 g/mol. The number of carbonyl (C=O) groups is 1. The molecule has 4 heteroatoms. The van der Waals surface area contributed by atoms with Crippen LogP contribution in [0.15, 0.2) is 30.3 Å². The van der Waals surface area contributed by atoms with Crippen molar-refractivity contribution in [1.29, 1.82) is 0 Å². The first-order chi connectivity index (χ1) is 8.67. The first-order valence-corrected chi connectivity index (χ1v) is 5.51. The van der Waals surface area contributed by atoms with Gasteiger partial charge in [0.15, 0.2) is 0 Å². The summed E-state index contributed by atoms with van der Waals surface area (Å²) in [6.45, 7) is 0. The molecule has 0 saturated heterocycles. The molecule has 0 aliphatic rings. The van der Waals surface area contributed by atoms with Crippen molar-refractivity contribution >= 4 is 16.7 Å². The third-order valence-corrected chi connectivity index (χ3v) is 2.82. The van der Waals surface area contributed by atoms with Gasteiger partial charge in [-0.25, -0.2) is 0 Å². The van der Waals surface area contributed by atoms with E-state index < -0.39 is 5.97 Å². The Morgan fingerprint density at radius 1 is 1.11 bits per heavy atom. The summed E-state index contributed by atoms with van der Waals surface area (Å²) in [5.74, 6) is 0.456. The Hall–Kier alpha value is -2.23. The summed E-state index contributed by atoms with van der Waals surface area (Å²) in [4.78, 5) is 10.8. The largest absolute Gasteiger partial charge is 0.496 e. The van der Waals surface area contributed by atoms with Gasteiger partial charge >= 0.3 is 5.97 Å². The molecule has 1 N–H and O–H groups in total. The van der Waals surface area contributed by atoms with Crippen LogP contribution in [-0.4, -0.2) is 25.3 Å². The summed E-state index contributed by atoms with van der Waals surface area (Å²) in [7, 11) is 3.14. The molecule has 4 nitrogen and oxygen atoms in total. The van der Waals surface area contributed by atoms with E-state index in [4.69, 9.17) is 14.6 Å². The molecule has 0 amide bonds. The molecule has 0 aliphatic carbocycles. The highest BCUT2D eigenvalue weighted by molar-refractivity contribution is 5.95. The topological polar surface area (TPSA) is 55.8 Å². The summed E-state index contributed by atoms with van der Waals surface area (Å²) < 4.78 is 10.6. The smallest absolute Gasteiger partial charge is 0.307 e. The molecule has 0 bridgehead atoms. The Morgan fingerprint density at radius 3 is 2.50 bits per heavy atom. The first-order valence-electron chi connectivity index (χ1n) is 5.51. The zero-order valence-electron chi connectivity index (χ0n) is 10.3. The van der Waals surface area contributed by atoms with Crippen LogP contribution in [0.3, 0.4) is 0 Å². The van der Waals surface area contributed by atoms with Gasteiger partial charge in [0.1, 0.15) is 11.5 Å². The highest BCUT2D eigenvalue weighted by Gasteiger charge is 2.13. The Balaban J connectivity index is 2.68. The number of carboxylic acid groups (broad SMARTS) is 1. The predicted octanol–water partition coefficient (Wildman–Crippen LogP) is 2.48. The van der Waals surface area contributed by atoms with Crippen LogP contribution in [0.2, 0.25) is 0 Å². The maximum atomic E-state index is 10.8. The van der Waals surface area contributed by atoms with Crippen molar-refractivity contribution in [3.05, 3.63) is 35.9 Å². The van der Waals surface area contributed by atoms with E-state index in [9.17, 15) is 4.79 Å². The van der Waals surface area contributed by atoms with Crippen LogP contribution in [0.25, 0.3) is 10.8 Å². The van der Waals surface area contributed by atoms with Crippen molar-refractivity contribution in [3.8, 4) is 11.5 Å². The minimum absolute atomic E-state index is 0.0592.